The highest BCUT2D eigenvalue weighted by Crippen LogP contribution is 2.27. The van der Waals surface area contributed by atoms with Crippen molar-refractivity contribution >= 4 is 5.69 Å². The van der Waals surface area contributed by atoms with E-state index in [-0.39, 0.29) is 0 Å². The van der Waals surface area contributed by atoms with Gasteiger partial charge in [0.25, 0.3) is 0 Å². The van der Waals surface area contributed by atoms with Gasteiger partial charge in [0.1, 0.15) is 0 Å². The van der Waals surface area contributed by atoms with Crippen LogP contribution in [0.2, 0.25) is 0 Å². The second-order valence-corrected chi connectivity index (χ2v) is 4.39. The van der Waals surface area contributed by atoms with E-state index in [2.05, 4.69) is 27.0 Å². The molecule has 17 heavy (non-hydrogen) atoms. The third-order valence-corrected chi connectivity index (χ3v) is 2.61. The van der Waals surface area contributed by atoms with Crippen LogP contribution in [0.3, 0.4) is 0 Å². The van der Waals surface area contributed by atoms with Crippen LogP contribution in [0.25, 0.3) is 11.4 Å². The second-order valence-electron chi connectivity index (χ2n) is 4.39. The lowest BCUT2D eigenvalue weighted by atomic mass is 10.1. The predicted molar refractivity (Wildman–Crippen MR) is 71.3 cm³/mol. The molecular weight excluding hydrogens is 210 g/mol. The molecule has 2 aromatic rings. The fourth-order valence-corrected chi connectivity index (χ4v) is 1.90. The van der Waals surface area contributed by atoms with Crippen LogP contribution in [0.15, 0.2) is 30.3 Å². The SMILES string of the molecule is Cc1cc(C)nc(-c2ccccc2N(C)C)n1. The Balaban J connectivity index is 2.60. The highest BCUT2D eigenvalue weighted by molar-refractivity contribution is 5.74. The number of rotatable bonds is 2. The Morgan fingerprint density at radius 1 is 0.941 bits per heavy atom. The lowest BCUT2D eigenvalue weighted by molar-refractivity contribution is 1.05. The number of aryl methyl sites for hydroxylation is 2. The Kier molecular flexibility index (Phi) is 3.09. The van der Waals surface area contributed by atoms with Gasteiger partial charge in [-0.3, -0.25) is 0 Å². The van der Waals surface area contributed by atoms with Gasteiger partial charge in [0.05, 0.1) is 0 Å². The van der Waals surface area contributed by atoms with Gasteiger partial charge in [0.2, 0.25) is 0 Å². The number of aromatic nitrogens is 2. The van der Waals surface area contributed by atoms with Gasteiger partial charge in [-0.25, -0.2) is 9.97 Å². The van der Waals surface area contributed by atoms with E-state index in [9.17, 15) is 0 Å². The highest BCUT2D eigenvalue weighted by atomic mass is 15.1. The van der Waals surface area contributed by atoms with Crippen LogP contribution in [0.1, 0.15) is 11.4 Å². The molecule has 1 aromatic heterocycles. The Labute approximate surface area is 102 Å². The van der Waals surface area contributed by atoms with Crippen LogP contribution in [0.4, 0.5) is 5.69 Å². The van der Waals surface area contributed by atoms with Crippen LogP contribution in [-0.2, 0) is 0 Å². The Morgan fingerprint density at radius 2 is 1.53 bits per heavy atom. The van der Waals surface area contributed by atoms with Crippen molar-refractivity contribution < 1.29 is 0 Å². The maximum Gasteiger partial charge on any atom is 0.161 e. The molecule has 0 aliphatic rings. The smallest absolute Gasteiger partial charge is 0.161 e. The molecule has 0 aliphatic heterocycles. The standard InChI is InChI=1S/C14H17N3/c1-10-9-11(2)16-14(15-10)12-7-5-6-8-13(12)17(3)4/h5-9H,1-4H3. The summed E-state index contributed by atoms with van der Waals surface area (Å²) in [4.78, 5) is 11.1. The molecule has 0 unspecified atom stereocenters. The number of benzene rings is 1. The minimum atomic E-state index is 0.798. The van der Waals surface area contributed by atoms with Crippen LogP contribution < -0.4 is 4.90 Å². The van der Waals surface area contributed by atoms with E-state index in [1.54, 1.807) is 0 Å². The van der Waals surface area contributed by atoms with Gasteiger partial charge in [-0.05, 0) is 32.0 Å². The number of para-hydroxylation sites is 1. The van der Waals surface area contributed by atoms with Crippen molar-refractivity contribution in [3.05, 3.63) is 41.7 Å². The molecule has 0 aliphatic carbocycles. The van der Waals surface area contributed by atoms with E-state index in [1.807, 2.05) is 46.1 Å². The van der Waals surface area contributed by atoms with Gasteiger partial charge in [0, 0.05) is 36.7 Å². The lowest BCUT2D eigenvalue weighted by Gasteiger charge is -2.16. The molecular formula is C14H17N3. The minimum Gasteiger partial charge on any atom is -0.377 e. The first-order chi connectivity index (χ1) is 8.08. The Hall–Kier alpha value is -1.90. The number of hydrogen-bond donors (Lipinski definition) is 0. The molecule has 0 atom stereocenters. The molecule has 1 heterocycles. The van der Waals surface area contributed by atoms with E-state index in [0.717, 1.165) is 28.5 Å². The molecule has 1 aromatic carbocycles. The zero-order valence-corrected chi connectivity index (χ0v) is 10.7. The fraction of sp³-hybridized carbons (Fsp3) is 0.286. The van der Waals surface area contributed by atoms with Gasteiger partial charge in [-0.1, -0.05) is 12.1 Å². The molecule has 0 fully saturated rings. The average molecular weight is 227 g/mol. The topological polar surface area (TPSA) is 29.0 Å². The summed E-state index contributed by atoms with van der Waals surface area (Å²) in [7, 11) is 4.06. The highest BCUT2D eigenvalue weighted by Gasteiger charge is 2.09. The monoisotopic (exact) mass is 227 g/mol. The van der Waals surface area contributed by atoms with Gasteiger partial charge < -0.3 is 4.90 Å². The predicted octanol–water partition coefficient (Wildman–Crippen LogP) is 2.83. The molecule has 0 saturated heterocycles. The van der Waals surface area contributed by atoms with Crippen molar-refractivity contribution in [3.63, 3.8) is 0 Å². The summed E-state index contributed by atoms with van der Waals surface area (Å²) in [5, 5.41) is 0. The van der Waals surface area contributed by atoms with E-state index in [0.29, 0.717) is 0 Å². The number of hydrogen-bond acceptors (Lipinski definition) is 3. The molecule has 0 amide bonds. The van der Waals surface area contributed by atoms with Crippen LogP contribution >= 0.6 is 0 Å². The Bertz CT molecular complexity index is 512. The van der Waals surface area contributed by atoms with Crippen molar-refractivity contribution in [3.8, 4) is 11.4 Å². The molecule has 2 rings (SSSR count). The summed E-state index contributed by atoms with van der Waals surface area (Å²) in [5.74, 6) is 0.798. The summed E-state index contributed by atoms with van der Waals surface area (Å²) in [5.41, 5.74) is 4.21. The molecule has 88 valence electrons. The second kappa shape index (κ2) is 4.53. The van der Waals surface area contributed by atoms with Crippen molar-refractivity contribution in [2.45, 2.75) is 13.8 Å². The Morgan fingerprint density at radius 3 is 2.12 bits per heavy atom. The van der Waals surface area contributed by atoms with E-state index < -0.39 is 0 Å². The summed E-state index contributed by atoms with van der Waals surface area (Å²) >= 11 is 0. The number of nitrogens with zero attached hydrogens (tertiary/aromatic N) is 3. The third-order valence-electron chi connectivity index (χ3n) is 2.61. The molecule has 3 heteroatoms. The zero-order chi connectivity index (χ0) is 12.4. The summed E-state index contributed by atoms with van der Waals surface area (Å²) < 4.78 is 0. The average Bonchev–Trinajstić information content (AvgIpc) is 2.27. The molecule has 0 bridgehead atoms. The first-order valence-electron chi connectivity index (χ1n) is 5.67. The van der Waals surface area contributed by atoms with Gasteiger partial charge in [0.15, 0.2) is 5.82 Å². The molecule has 3 nitrogen and oxygen atoms in total. The zero-order valence-electron chi connectivity index (χ0n) is 10.7. The maximum absolute atomic E-state index is 4.51. The minimum absolute atomic E-state index is 0.798. The van der Waals surface area contributed by atoms with Gasteiger partial charge >= 0.3 is 0 Å². The first-order valence-corrected chi connectivity index (χ1v) is 5.67. The molecule has 0 N–H and O–H groups in total. The van der Waals surface area contributed by atoms with Crippen molar-refractivity contribution in [2.24, 2.45) is 0 Å². The fourth-order valence-electron chi connectivity index (χ4n) is 1.90. The molecule has 0 radical (unpaired) electrons. The quantitative estimate of drug-likeness (QED) is 0.790. The van der Waals surface area contributed by atoms with E-state index in [1.165, 1.54) is 0 Å². The van der Waals surface area contributed by atoms with Crippen LogP contribution in [0, 0.1) is 13.8 Å². The van der Waals surface area contributed by atoms with Crippen molar-refractivity contribution in [1.82, 2.24) is 9.97 Å². The molecule has 0 saturated carbocycles. The first kappa shape index (κ1) is 11.6. The normalized spacial score (nSPS) is 10.4. The maximum atomic E-state index is 4.51. The largest absolute Gasteiger partial charge is 0.377 e. The van der Waals surface area contributed by atoms with E-state index in [4.69, 9.17) is 0 Å². The van der Waals surface area contributed by atoms with Crippen molar-refractivity contribution in [1.29, 1.82) is 0 Å². The summed E-state index contributed by atoms with van der Waals surface area (Å²) in [6.07, 6.45) is 0. The summed E-state index contributed by atoms with van der Waals surface area (Å²) in [6, 6.07) is 10.2. The van der Waals surface area contributed by atoms with Crippen LogP contribution in [-0.4, -0.2) is 24.1 Å². The number of anilines is 1. The lowest BCUT2D eigenvalue weighted by Crippen LogP contribution is -2.10. The van der Waals surface area contributed by atoms with Crippen molar-refractivity contribution in [2.75, 3.05) is 19.0 Å². The van der Waals surface area contributed by atoms with Crippen LogP contribution in [0.5, 0.6) is 0 Å². The van der Waals surface area contributed by atoms with Gasteiger partial charge in [-0.2, -0.15) is 0 Å². The third kappa shape index (κ3) is 2.44. The van der Waals surface area contributed by atoms with Gasteiger partial charge in [-0.15, -0.1) is 0 Å². The summed E-state index contributed by atoms with van der Waals surface area (Å²) in [6.45, 7) is 3.99. The molecule has 0 spiro atoms. The van der Waals surface area contributed by atoms with E-state index >= 15 is 0 Å².